The summed E-state index contributed by atoms with van der Waals surface area (Å²) >= 11 is 0. The van der Waals surface area contributed by atoms with Crippen LogP contribution < -0.4 is 9.47 Å². The van der Waals surface area contributed by atoms with Crippen molar-refractivity contribution in [2.75, 3.05) is 6.61 Å². The molecule has 1 atom stereocenters. The number of rotatable bonds is 6. The van der Waals surface area contributed by atoms with Crippen LogP contribution in [0, 0.1) is 0 Å². The summed E-state index contributed by atoms with van der Waals surface area (Å²) < 4.78 is 12.3. The number of hydrogen-bond acceptors (Lipinski definition) is 4. The van der Waals surface area contributed by atoms with Crippen LogP contribution in [0.3, 0.4) is 0 Å². The number of ketones is 1. The van der Waals surface area contributed by atoms with Gasteiger partial charge in [0.05, 0.1) is 23.1 Å². The number of allylic oxidation sites excluding steroid dienone is 1. The highest BCUT2D eigenvalue weighted by atomic mass is 16.5. The van der Waals surface area contributed by atoms with Gasteiger partial charge in [-0.1, -0.05) is 42.0 Å². The second-order valence-electron chi connectivity index (χ2n) is 8.08. The summed E-state index contributed by atoms with van der Waals surface area (Å²) in [6.07, 6.45) is 5.39. The van der Waals surface area contributed by atoms with E-state index >= 15 is 0 Å². The van der Waals surface area contributed by atoms with Crippen LogP contribution in [-0.4, -0.2) is 23.1 Å². The van der Waals surface area contributed by atoms with Crippen molar-refractivity contribution in [2.24, 2.45) is 0 Å². The standard InChI is InChI=1S/C25H28O4/c1-17(2)13-15-28-22-11-10-19-21(26)16-23(18-8-6-5-7-9-18)29-24(19)20(22)12-14-25(3,4)27/h5-14,23,27H,15-16H2,1-4H3/b14-12+/t23-/m0/s1. The minimum absolute atomic E-state index is 0.0360. The molecule has 1 aliphatic heterocycles. The van der Waals surface area contributed by atoms with Gasteiger partial charge in [0, 0.05) is 0 Å². The Kier molecular flexibility index (Phi) is 6.23. The van der Waals surface area contributed by atoms with E-state index in [0.717, 1.165) is 11.1 Å². The van der Waals surface area contributed by atoms with Crippen LogP contribution >= 0.6 is 0 Å². The third-order valence-electron chi connectivity index (χ3n) is 4.65. The molecule has 2 aromatic rings. The molecule has 2 aromatic carbocycles. The zero-order valence-corrected chi connectivity index (χ0v) is 17.4. The molecule has 152 valence electrons. The minimum atomic E-state index is -1.00. The smallest absolute Gasteiger partial charge is 0.170 e. The Morgan fingerprint density at radius 2 is 1.93 bits per heavy atom. The van der Waals surface area contributed by atoms with Crippen LogP contribution in [0.2, 0.25) is 0 Å². The maximum atomic E-state index is 12.8. The lowest BCUT2D eigenvalue weighted by Crippen LogP contribution is -2.21. The molecule has 4 heteroatoms. The van der Waals surface area contributed by atoms with Crippen molar-refractivity contribution in [3.63, 3.8) is 0 Å². The molecule has 0 fully saturated rings. The van der Waals surface area contributed by atoms with Crippen molar-refractivity contribution in [3.8, 4) is 11.5 Å². The van der Waals surface area contributed by atoms with Gasteiger partial charge in [-0.3, -0.25) is 4.79 Å². The molecular weight excluding hydrogens is 364 g/mol. The van der Waals surface area contributed by atoms with E-state index in [1.165, 1.54) is 0 Å². The SMILES string of the molecule is CC(C)=CCOc1ccc2c(c1/C=C/C(C)(C)O)O[C@H](c1ccccc1)CC2=O. The van der Waals surface area contributed by atoms with Crippen molar-refractivity contribution in [3.05, 3.63) is 76.9 Å². The molecule has 1 aliphatic rings. The van der Waals surface area contributed by atoms with Crippen LogP contribution in [0.15, 0.2) is 60.2 Å². The fourth-order valence-electron chi connectivity index (χ4n) is 3.11. The van der Waals surface area contributed by atoms with Gasteiger partial charge in [0.1, 0.15) is 24.2 Å². The molecule has 1 heterocycles. The van der Waals surface area contributed by atoms with Gasteiger partial charge in [0.15, 0.2) is 5.78 Å². The summed E-state index contributed by atoms with van der Waals surface area (Å²) in [5.41, 5.74) is 2.33. The van der Waals surface area contributed by atoms with E-state index < -0.39 is 5.60 Å². The topological polar surface area (TPSA) is 55.8 Å². The summed E-state index contributed by atoms with van der Waals surface area (Å²) in [6, 6.07) is 13.3. The van der Waals surface area contributed by atoms with Gasteiger partial charge >= 0.3 is 0 Å². The zero-order valence-electron chi connectivity index (χ0n) is 17.4. The number of carbonyl (C=O) groups excluding carboxylic acids is 1. The number of hydrogen-bond donors (Lipinski definition) is 1. The molecule has 3 rings (SSSR count). The first-order valence-corrected chi connectivity index (χ1v) is 9.84. The van der Waals surface area contributed by atoms with Crippen molar-refractivity contribution < 1.29 is 19.4 Å². The Morgan fingerprint density at radius 3 is 2.59 bits per heavy atom. The first-order chi connectivity index (χ1) is 13.7. The van der Waals surface area contributed by atoms with Crippen LogP contribution in [0.25, 0.3) is 6.08 Å². The van der Waals surface area contributed by atoms with Gasteiger partial charge in [0.25, 0.3) is 0 Å². The highest BCUT2D eigenvalue weighted by molar-refractivity contribution is 6.01. The van der Waals surface area contributed by atoms with Gasteiger partial charge in [-0.2, -0.15) is 0 Å². The molecule has 0 aliphatic carbocycles. The van der Waals surface area contributed by atoms with Crippen LogP contribution in [-0.2, 0) is 0 Å². The van der Waals surface area contributed by atoms with Crippen molar-refractivity contribution in [2.45, 2.75) is 45.8 Å². The number of aliphatic hydroxyl groups is 1. The lowest BCUT2D eigenvalue weighted by Gasteiger charge is -2.28. The van der Waals surface area contributed by atoms with Gasteiger partial charge in [-0.25, -0.2) is 0 Å². The lowest BCUT2D eigenvalue weighted by molar-refractivity contribution is 0.0849. The molecule has 0 saturated heterocycles. The number of carbonyl (C=O) groups is 1. The second kappa shape index (κ2) is 8.66. The van der Waals surface area contributed by atoms with E-state index in [1.807, 2.05) is 50.3 Å². The Morgan fingerprint density at radius 1 is 1.21 bits per heavy atom. The molecule has 1 N–H and O–H groups in total. The third-order valence-corrected chi connectivity index (χ3v) is 4.65. The normalized spacial score (nSPS) is 16.3. The summed E-state index contributed by atoms with van der Waals surface area (Å²) in [5, 5.41) is 10.2. The fraction of sp³-hybridized carbons (Fsp3) is 0.320. The van der Waals surface area contributed by atoms with Crippen molar-refractivity contribution in [1.29, 1.82) is 0 Å². The molecule has 0 spiro atoms. The van der Waals surface area contributed by atoms with Crippen molar-refractivity contribution >= 4 is 11.9 Å². The molecule has 0 radical (unpaired) electrons. The highest BCUT2D eigenvalue weighted by Gasteiger charge is 2.30. The molecule has 4 nitrogen and oxygen atoms in total. The predicted molar refractivity (Wildman–Crippen MR) is 115 cm³/mol. The zero-order chi connectivity index (χ0) is 21.0. The predicted octanol–water partition coefficient (Wildman–Crippen LogP) is 5.52. The van der Waals surface area contributed by atoms with Gasteiger partial charge < -0.3 is 14.6 Å². The second-order valence-corrected chi connectivity index (χ2v) is 8.08. The maximum absolute atomic E-state index is 12.8. The maximum Gasteiger partial charge on any atom is 0.170 e. The average Bonchev–Trinajstić information content (AvgIpc) is 2.66. The molecule has 0 bridgehead atoms. The van der Waals surface area contributed by atoms with E-state index in [-0.39, 0.29) is 11.9 Å². The molecule has 29 heavy (non-hydrogen) atoms. The summed E-state index contributed by atoms with van der Waals surface area (Å²) in [4.78, 5) is 12.8. The molecule has 0 saturated carbocycles. The van der Waals surface area contributed by atoms with Crippen LogP contribution in [0.5, 0.6) is 11.5 Å². The number of Topliss-reactive ketones (excluding diaryl/α,β-unsaturated/α-hetero) is 1. The summed E-state index contributed by atoms with van der Waals surface area (Å²) in [7, 11) is 0. The highest BCUT2D eigenvalue weighted by Crippen LogP contribution is 2.42. The molecular formula is C25H28O4. The first kappa shape index (κ1) is 20.9. The largest absolute Gasteiger partial charge is 0.489 e. The Hall–Kier alpha value is -2.85. The monoisotopic (exact) mass is 392 g/mol. The minimum Gasteiger partial charge on any atom is -0.489 e. The van der Waals surface area contributed by atoms with Gasteiger partial charge in [-0.15, -0.1) is 0 Å². The summed E-state index contributed by atoms with van der Waals surface area (Å²) in [6.45, 7) is 7.83. The van der Waals surface area contributed by atoms with E-state index in [1.54, 1.807) is 38.1 Å². The number of fused-ring (bicyclic) bond motifs is 1. The first-order valence-electron chi connectivity index (χ1n) is 9.84. The summed E-state index contributed by atoms with van der Waals surface area (Å²) in [5.74, 6) is 1.16. The van der Waals surface area contributed by atoms with Gasteiger partial charge in [0.2, 0.25) is 0 Å². The molecule has 0 aromatic heterocycles. The Balaban J connectivity index is 2.04. The van der Waals surface area contributed by atoms with Crippen molar-refractivity contribution in [1.82, 2.24) is 0 Å². The Labute approximate surface area is 172 Å². The number of ether oxygens (including phenoxy) is 2. The van der Waals surface area contributed by atoms with E-state index in [9.17, 15) is 9.90 Å². The third kappa shape index (κ3) is 5.36. The fourth-order valence-corrected chi connectivity index (χ4v) is 3.11. The van der Waals surface area contributed by atoms with E-state index in [0.29, 0.717) is 35.7 Å². The van der Waals surface area contributed by atoms with E-state index in [4.69, 9.17) is 9.47 Å². The molecule has 0 unspecified atom stereocenters. The Bertz CT molecular complexity index is 929. The van der Waals surface area contributed by atoms with Gasteiger partial charge in [-0.05, 0) is 57.5 Å². The van der Waals surface area contributed by atoms with Crippen LogP contribution in [0.1, 0.15) is 61.7 Å². The molecule has 0 amide bonds. The number of benzene rings is 2. The quantitative estimate of drug-likeness (QED) is 0.658. The average molecular weight is 392 g/mol. The van der Waals surface area contributed by atoms with Crippen LogP contribution in [0.4, 0.5) is 0 Å². The van der Waals surface area contributed by atoms with E-state index in [2.05, 4.69) is 0 Å². The lowest BCUT2D eigenvalue weighted by atomic mass is 9.93.